The summed E-state index contributed by atoms with van der Waals surface area (Å²) in [6.45, 7) is 4.40. The maximum atomic E-state index is 13.5. The van der Waals surface area contributed by atoms with Crippen molar-refractivity contribution in [2.75, 3.05) is 19.7 Å². The Balaban J connectivity index is 1.64. The first kappa shape index (κ1) is 22.7. The van der Waals surface area contributed by atoms with E-state index in [-0.39, 0.29) is 17.4 Å². The zero-order valence-corrected chi connectivity index (χ0v) is 20.1. The first-order chi connectivity index (χ1) is 15.3. The molecule has 9 heteroatoms. The smallest absolute Gasteiger partial charge is 0.310 e. The first-order valence-electron chi connectivity index (χ1n) is 10.7. The van der Waals surface area contributed by atoms with Crippen LogP contribution in [0.15, 0.2) is 46.7 Å². The molecule has 1 aromatic carbocycles. The van der Waals surface area contributed by atoms with Crippen LogP contribution in [0.4, 0.5) is 0 Å². The number of benzene rings is 1. The van der Waals surface area contributed by atoms with E-state index in [0.717, 1.165) is 22.0 Å². The Hall–Kier alpha value is -2.49. The highest BCUT2D eigenvalue weighted by molar-refractivity contribution is 7.89. The number of carbonyl (C=O) groups excluding carboxylic acids is 1. The van der Waals surface area contributed by atoms with Crippen LogP contribution in [0, 0.1) is 12.8 Å². The number of hydrogen-bond acceptors (Lipinski definition) is 6. The summed E-state index contributed by atoms with van der Waals surface area (Å²) >= 11 is 1.49. The van der Waals surface area contributed by atoms with Gasteiger partial charge < -0.3 is 9.30 Å². The van der Waals surface area contributed by atoms with Gasteiger partial charge in [-0.25, -0.2) is 13.4 Å². The predicted molar refractivity (Wildman–Crippen MR) is 125 cm³/mol. The molecule has 3 aromatic rings. The van der Waals surface area contributed by atoms with Crippen molar-refractivity contribution in [1.82, 2.24) is 13.9 Å². The van der Waals surface area contributed by atoms with Gasteiger partial charge in [0.25, 0.3) is 0 Å². The van der Waals surface area contributed by atoms with Gasteiger partial charge in [-0.05, 0) is 32.8 Å². The van der Waals surface area contributed by atoms with Crippen molar-refractivity contribution in [3.05, 3.63) is 47.5 Å². The lowest BCUT2D eigenvalue weighted by atomic mass is 10.0. The molecule has 0 aliphatic carbocycles. The van der Waals surface area contributed by atoms with Crippen molar-refractivity contribution in [1.29, 1.82) is 0 Å². The molecule has 0 N–H and O–H groups in total. The summed E-state index contributed by atoms with van der Waals surface area (Å²) in [5, 5.41) is 2.74. The van der Waals surface area contributed by atoms with Crippen LogP contribution in [-0.2, 0) is 26.6 Å². The Morgan fingerprint density at radius 1 is 1.28 bits per heavy atom. The van der Waals surface area contributed by atoms with E-state index in [1.54, 1.807) is 19.9 Å². The van der Waals surface area contributed by atoms with E-state index in [4.69, 9.17) is 9.72 Å². The SMILES string of the molecule is CCOC(=O)[C@@H]1CCCN(S(=O)(=O)c2cc(-c3nc(-c4ccccc4)cs3)n(C)c2C)C1. The summed E-state index contributed by atoms with van der Waals surface area (Å²) in [5.74, 6) is -0.747. The summed E-state index contributed by atoms with van der Waals surface area (Å²) in [6, 6.07) is 11.6. The van der Waals surface area contributed by atoms with Crippen LogP contribution in [0.5, 0.6) is 0 Å². The summed E-state index contributed by atoms with van der Waals surface area (Å²) in [7, 11) is -1.90. The summed E-state index contributed by atoms with van der Waals surface area (Å²) in [6.07, 6.45) is 1.28. The zero-order chi connectivity index (χ0) is 22.9. The zero-order valence-electron chi connectivity index (χ0n) is 18.4. The van der Waals surface area contributed by atoms with Gasteiger partial charge in [-0.1, -0.05) is 30.3 Å². The standard InChI is InChI=1S/C23H27N3O4S2/c1-4-30-23(27)18-11-8-12-26(14-18)32(28,29)21-13-20(25(3)16(21)2)22-24-19(15-31-22)17-9-6-5-7-10-17/h5-7,9-10,13,15,18H,4,8,11-12,14H2,1-3H3/t18-/m1/s1. The van der Waals surface area contributed by atoms with Crippen LogP contribution in [0.2, 0.25) is 0 Å². The highest BCUT2D eigenvalue weighted by Gasteiger charge is 2.36. The van der Waals surface area contributed by atoms with Crippen LogP contribution < -0.4 is 0 Å². The highest BCUT2D eigenvalue weighted by Crippen LogP contribution is 2.34. The van der Waals surface area contributed by atoms with Crippen LogP contribution in [0.25, 0.3) is 22.0 Å². The van der Waals surface area contributed by atoms with Gasteiger partial charge in [0.1, 0.15) is 9.90 Å². The minimum atomic E-state index is -3.75. The van der Waals surface area contributed by atoms with Gasteiger partial charge in [0.2, 0.25) is 10.0 Å². The van der Waals surface area contributed by atoms with Gasteiger partial charge in [-0.2, -0.15) is 4.31 Å². The lowest BCUT2D eigenvalue weighted by molar-refractivity contribution is -0.149. The molecule has 32 heavy (non-hydrogen) atoms. The van der Waals surface area contributed by atoms with E-state index >= 15 is 0 Å². The molecule has 170 valence electrons. The van der Waals surface area contributed by atoms with Gasteiger partial charge in [0.15, 0.2) is 0 Å². The average Bonchev–Trinajstić information content (AvgIpc) is 3.40. The van der Waals surface area contributed by atoms with Crippen molar-refractivity contribution in [3.8, 4) is 22.0 Å². The van der Waals surface area contributed by atoms with Crippen LogP contribution in [-0.4, -0.2) is 47.9 Å². The van der Waals surface area contributed by atoms with E-state index in [1.807, 2.05) is 47.3 Å². The Labute approximate surface area is 192 Å². The number of sulfonamides is 1. The molecular weight excluding hydrogens is 446 g/mol. The van der Waals surface area contributed by atoms with Crippen molar-refractivity contribution >= 4 is 27.3 Å². The van der Waals surface area contributed by atoms with Gasteiger partial charge >= 0.3 is 5.97 Å². The minimum absolute atomic E-state index is 0.153. The molecule has 0 amide bonds. The normalized spacial score (nSPS) is 17.4. The number of thiazole rings is 1. The van der Waals surface area contributed by atoms with E-state index in [9.17, 15) is 13.2 Å². The molecule has 1 atom stereocenters. The van der Waals surface area contributed by atoms with Gasteiger partial charge in [-0.15, -0.1) is 11.3 Å². The van der Waals surface area contributed by atoms with Crippen molar-refractivity contribution in [2.45, 2.75) is 31.6 Å². The molecule has 7 nitrogen and oxygen atoms in total. The molecule has 4 rings (SSSR count). The summed E-state index contributed by atoms with van der Waals surface area (Å²) in [4.78, 5) is 17.2. The lowest BCUT2D eigenvalue weighted by Gasteiger charge is -2.30. The maximum Gasteiger partial charge on any atom is 0.310 e. The second-order valence-electron chi connectivity index (χ2n) is 7.90. The predicted octanol–water partition coefficient (Wildman–Crippen LogP) is 4.09. The second-order valence-corrected chi connectivity index (χ2v) is 10.7. The molecule has 0 unspecified atom stereocenters. The molecule has 3 heterocycles. The van der Waals surface area contributed by atoms with Crippen LogP contribution >= 0.6 is 11.3 Å². The minimum Gasteiger partial charge on any atom is -0.466 e. The molecule has 0 radical (unpaired) electrons. The quantitative estimate of drug-likeness (QED) is 0.504. The maximum absolute atomic E-state index is 13.5. The fourth-order valence-corrected chi connectivity index (χ4v) is 6.70. The number of rotatable bonds is 6. The fraction of sp³-hybridized carbons (Fsp3) is 0.391. The van der Waals surface area contributed by atoms with Crippen molar-refractivity contribution in [3.63, 3.8) is 0 Å². The third kappa shape index (κ3) is 4.24. The molecular formula is C23H27N3O4S2. The Morgan fingerprint density at radius 2 is 2.03 bits per heavy atom. The second kappa shape index (κ2) is 9.17. The number of esters is 1. The molecule has 0 spiro atoms. The Morgan fingerprint density at radius 3 is 2.75 bits per heavy atom. The van der Waals surface area contributed by atoms with Gasteiger partial charge in [-0.3, -0.25) is 4.79 Å². The third-order valence-corrected chi connectivity index (χ3v) is 8.75. The number of nitrogens with zero attached hydrogens (tertiary/aromatic N) is 3. The largest absolute Gasteiger partial charge is 0.466 e. The molecule has 1 aliphatic rings. The van der Waals surface area contributed by atoms with Gasteiger partial charge in [0, 0.05) is 36.8 Å². The van der Waals surface area contributed by atoms with Crippen LogP contribution in [0.1, 0.15) is 25.5 Å². The van der Waals surface area contributed by atoms with E-state index in [1.165, 1.54) is 15.6 Å². The number of piperidine rings is 1. The molecule has 1 aliphatic heterocycles. The lowest BCUT2D eigenvalue weighted by Crippen LogP contribution is -2.42. The van der Waals surface area contributed by atoms with E-state index in [0.29, 0.717) is 31.7 Å². The first-order valence-corrected chi connectivity index (χ1v) is 13.0. The van der Waals surface area contributed by atoms with Crippen molar-refractivity contribution < 1.29 is 17.9 Å². The fourth-order valence-electron chi connectivity index (χ4n) is 4.02. The molecule has 0 bridgehead atoms. The Bertz CT molecular complexity index is 1220. The number of carbonyl (C=O) groups is 1. The van der Waals surface area contributed by atoms with Crippen molar-refractivity contribution in [2.24, 2.45) is 13.0 Å². The molecule has 2 aromatic heterocycles. The van der Waals surface area contributed by atoms with Gasteiger partial charge in [0.05, 0.1) is 23.9 Å². The van der Waals surface area contributed by atoms with E-state index in [2.05, 4.69) is 0 Å². The monoisotopic (exact) mass is 473 g/mol. The number of aromatic nitrogens is 2. The summed E-state index contributed by atoms with van der Waals surface area (Å²) < 4.78 is 35.4. The van der Waals surface area contributed by atoms with Crippen LogP contribution in [0.3, 0.4) is 0 Å². The Kier molecular flexibility index (Phi) is 6.50. The third-order valence-electron chi connectivity index (χ3n) is 5.90. The average molecular weight is 474 g/mol. The molecule has 1 saturated heterocycles. The number of hydrogen-bond donors (Lipinski definition) is 0. The highest BCUT2D eigenvalue weighted by atomic mass is 32.2. The van der Waals surface area contributed by atoms with E-state index < -0.39 is 15.9 Å². The molecule has 0 saturated carbocycles. The topological polar surface area (TPSA) is 81.5 Å². The number of ether oxygens (including phenoxy) is 1. The molecule has 1 fully saturated rings. The summed E-state index contributed by atoms with van der Waals surface area (Å²) in [5.41, 5.74) is 3.29.